The summed E-state index contributed by atoms with van der Waals surface area (Å²) in [4.78, 5) is 4.39. The molecule has 0 aliphatic rings. The Labute approximate surface area is 96.1 Å². The Kier molecular flexibility index (Phi) is 2.19. The molecule has 0 aromatic carbocycles. The van der Waals surface area contributed by atoms with Gasteiger partial charge >= 0.3 is 0 Å². The smallest absolute Gasteiger partial charge is 0.0810 e. The monoisotopic (exact) mass is 230 g/mol. The van der Waals surface area contributed by atoms with E-state index in [1.165, 1.54) is 4.70 Å². The minimum absolute atomic E-state index is 0.480. The van der Waals surface area contributed by atoms with Crippen molar-refractivity contribution in [2.24, 2.45) is 5.73 Å². The van der Waals surface area contributed by atoms with Crippen molar-refractivity contribution in [1.29, 1.82) is 0 Å². The van der Waals surface area contributed by atoms with Gasteiger partial charge in [0.15, 0.2) is 0 Å². The van der Waals surface area contributed by atoms with Crippen molar-refractivity contribution in [2.45, 2.75) is 6.54 Å². The molecule has 3 aromatic heterocycles. The first-order valence-corrected chi connectivity index (χ1v) is 5.82. The normalized spacial score (nSPS) is 11.1. The zero-order valence-electron chi connectivity index (χ0n) is 8.47. The van der Waals surface area contributed by atoms with Crippen molar-refractivity contribution in [2.75, 3.05) is 0 Å². The van der Waals surface area contributed by atoms with E-state index in [1.807, 2.05) is 17.6 Å². The lowest BCUT2D eigenvalue weighted by Gasteiger charge is -2.00. The van der Waals surface area contributed by atoms with Crippen LogP contribution in [0.15, 0.2) is 29.9 Å². The number of rotatable bonds is 2. The van der Waals surface area contributed by atoms with E-state index in [2.05, 4.69) is 21.2 Å². The first-order chi connectivity index (χ1) is 7.88. The predicted molar refractivity (Wildman–Crippen MR) is 65.1 cm³/mol. The summed E-state index contributed by atoms with van der Waals surface area (Å²) < 4.78 is 1.18. The molecule has 3 rings (SSSR count). The molecule has 0 amide bonds. The molecule has 0 radical (unpaired) electrons. The Morgan fingerprint density at radius 2 is 2.31 bits per heavy atom. The first kappa shape index (κ1) is 9.50. The summed E-state index contributed by atoms with van der Waals surface area (Å²) >= 11 is 1.68. The van der Waals surface area contributed by atoms with Crippen LogP contribution in [-0.4, -0.2) is 15.2 Å². The van der Waals surface area contributed by atoms with E-state index < -0.39 is 0 Å². The minimum atomic E-state index is 0.480. The van der Waals surface area contributed by atoms with E-state index in [-0.39, 0.29) is 0 Å². The highest BCUT2D eigenvalue weighted by Gasteiger charge is 2.07. The van der Waals surface area contributed by atoms with Crippen LogP contribution in [-0.2, 0) is 6.54 Å². The average molecular weight is 230 g/mol. The molecular formula is C11H10N4S. The number of aromatic nitrogens is 3. The topological polar surface area (TPSA) is 67.6 Å². The summed E-state index contributed by atoms with van der Waals surface area (Å²) in [7, 11) is 0. The Morgan fingerprint density at radius 3 is 3.19 bits per heavy atom. The second-order valence-corrected chi connectivity index (χ2v) is 4.45. The molecule has 4 nitrogen and oxygen atoms in total. The van der Waals surface area contributed by atoms with E-state index in [1.54, 1.807) is 17.5 Å². The zero-order chi connectivity index (χ0) is 11.0. The second kappa shape index (κ2) is 3.70. The number of fused-ring (bicyclic) bond motifs is 1. The van der Waals surface area contributed by atoms with E-state index in [4.69, 9.17) is 5.73 Å². The fourth-order valence-electron chi connectivity index (χ4n) is 1.70. The van der Waals surface area contributed by atoms with Gasteiger partial charge in [0.25, 0.3) is 0 Å². The van der Waals surface area contributed by atoms with Crippen molar-refractivity contribution >= 4 is 21.6 Å². The molecule has 0 unspecified atom stereocenters. The molecular weight excluding hydrogens is 220 g/mol. The fraction of sp³-hybridized carbons (Fsp3) is 0.0909. The van der Waals surface area contributed by atoms with Gasteiger partial charge in [0.2, 0.25) is 0 Å². The Morgan fingerprint density at radius 1 is 1.38 bits per heavy atom. The van der Waals surface area contributed by atoms with Crippen LogP contribution in [0.25, 0.3) is 21.5 Å². The number of H-pyrrole nitrogens is 1. The number of nitrogens with two attached hydrogens (primary N) is 1. The van der Waals surface area contributed by atoms with Crippen LogP contribution in [0.3, 0.4) is 0 Å². The molecule has 0 aliphatic carbocycles. The van der Waals surface area contributed by atoms with Gasteiger partial charge in [0.1, 0.15) is 0 Å². The summed E-state index contributed by atoms with van der Waals surface area (Å²) in [6.45, 7) is 0.480. The number of nitrogens with zero attached hydrogens (tertiary/aromatic N) is 2. The highest BCUT2D eigenvalue weighted by atomic mass is 32.1. The average Bonchev–Trinajstić information content (AvgIpc) is 2.96. The molecule has 3 aromatic rings. The highest BCUT2D eigenvalue weighted by Crippen LogP contribution is 2.26. The van der Waals surface area contributed by atoms with Crippen LogP contribution in [0.5, 0.6) is 0 Å². The number of pyridine rings is 1. The van der Waals surface area contributed by atoms with Crippen molar-refractivity contribution in [3.63, 3.8) is 0 Å². The molecule has 3 N–H and O–H groups in total. The third-order valence-electron chi connectivity index (χ3n) is 2.53. The lowest BCUT2D eigenvalue weighted by molar-refractivity contribution is 1.08. The maximum atomic E-state index is 5.65. The summed E-state index contributed by atoms with van der Waals surface area (Å²) in [6.07, 6.45) is 3.61. The standard InChI is InChI=1S/C11H10N4S/c12-4-8-6-14-15-11(8)7-3-10-9(13-5-7)1-2-16-10/h1-3,5-6H,4,12H2,(H,14,15). The number of nitrogens with one attached hydrogen (secondary N) is 1. The molecule has 0 fully saturated rings. The maximum absolute atomic E-state index is 5.65. The van der Waals surface area contributed by atoms with Crippen LogP contribution < -0.4 is 5.73 Å². The molecule has 0 bridgehead atoms. The fourth-order valence-corrected chi connectivity index (χ4v) is 2.48. The van der Waals surface area contributed by atoms with Crippen molar-refractivity contribution in [1.82, 2.24) is 15.2 Å². The van der Waals surface area contributed by atoms with Crippen LogP contribution in [0.4, 0.5) is 0 Å². The van der Waals surface area contributed by atoms with E-state index in [9.17, 15) is 0 Å². The van der Waals surface area contributed by atoms with Gasteiger partial charge in [-0.25, -0.2) is 0 Å². The van der Waals surface area contributed by atoms with Gasteiger partial charge in [-0.3, -0.25) is 10.1 Å². The van der Waals surface area contributed by atoms with E-state index in [0.717, 1.165) is 22.3 Å². The molecule has 80 valence electrons. The molecule has 0 saturated carbocycles. The molecule has 0 spiro atoms. The number of aromatic amines is 1. The predicted octanol–water partition coefficient (Wildman–Crippen LogP) is 2.15. The minimum Gasteiger partial charge on any atom is -0.326 e. The van der Waals surface area contributed by atoms with Crippen LogP contribution in [0, 0.1) is 0 Å². The Balaban J connectivity index is 2.18. The maximum Gasteiger partial charge on any atom is 0.0810 e. The van der Waals surface area contributed by atoms with Gasteiger partial charge < -0.3 is 5.73 Å². The van der Waals surface area contributed by atoms with Gasteiger partial charge in [0, 0.05) is 23.9 Å². The molecule has 5 heteroatoms. The molecule has 3 heterocycles. The lowest BCUT2D eigenvalue weighted by Crippen LogP contribution is -1.96. The highest BCUT2D eigenvalue weighted by molar-refractivity contribution is 7.17. The Bertz CT molecular complexity index is 625. The van der Waals surface area contributed by atoms with Gasteiger partial charge in [-0.2, -0.15) is 5.10 Å². The molecule has 16 heavy (non-hydrogen) atoms. The van der Waals surface area contributed by atoms with E-state index >= 15 is 0 Å². The third-order valence-corrected chi connectivity index (χ3v) is 3.38. The van der Waals surface area contributed by atoms with Crippen LogP contribution in [0.2, 0.25) is 0 Å². The zero-order valence-corrected chi connectivity index (χ0v) is 9.29. The Hall–Kier alpha value is -1.72. The van der Waals surface area contributed by atoms with Gasteiger partial charge in [-0.05, 0) is 17.5 Å². The number of hydrogen-bond acceptors (Lipinski definition) is 4. The summed E-state index contributed by atoms with van der Waals surface area (Å²) in [5.41, 5.74) is 9.69. The van der Waals surface area contributed by atoms with E-state index in [0.29, 0.717) is 6.54 Å². The number of hydrogen-bond donors (Lipinski definition) is 2. The van der Waals surface area contributed by atoms with Crippen molar-refractivity contribution < 1.29 is 0 Å². The van der Waals surface area contributed by atoms with Crippen molar-refractivity contribution in [3.05, 3.63) is 35.5 Å². The van der Waals surface area contributed by atoms with Gasteiger partial charge in [-0.15, -0.1) is 11.3 Å². The lowest BCUT2D eigenvalue weighted by atomic mass is 10.1. The quantitative estimate of drug-likeness (QED) is 0.708. The van der Waals surface area contributed by atoms with Crippen LogP contribution in [0.1, 0.15) is 5.56 Å². The number of thiophene rings is 1. The summed E-state index contributed by atoms with van der Waals surface area (Å²) in [6, 6.07) is 4.13. The largest absolute Gasteiger partial charge is 0.326 e. The summed E-state index contributed by atoms with van der Waals surface area (Å²) in [5.74, 6) is 0. The molecule has 0 saturated heterocycles. The molecule has 0 atom stereocenters. The van der Waals surface area contributed by atoms with Gasteiger partial charge in [0.05, 0.1) is 22.1 Å². The molecule has 0 aliphatic heterocycles. The second-order valence-electron chi connectivity index (χ2n) is 3.50. The SMILES string of the molecule is NCc1cn[nH]c1-c1cnc2ccsc2c1. The van der Waals surface area contributed by atoms with Gasteiger partial charge in [-0.1, -0.05) is 0 Å². The van der Waals surface area contributed by atoms with Crippen LogP contribution >= 0.6 is 11.3 Å². The summed E-state index contributed by atoms with van der Waals surface area (Å²) in [5, 5.41) is 9.01. The first-order valence-electron chi connectivity index (χ1n) is 4.94. The van der Waals surface area contributed by atoms with Crippen molar-refractivity contribution in [3.8, 4) is 11.3 Å². The third kappa shape index (κ3) is 1.41.